The number of ether oxygens (including phenoxy) is 1. The van der Waals surface area contributed by atoms with Crippen LogP contribution in [0.1, 0.15) is 40.0 Å². The van der Waals surface area contributed by atoms with E-state index in [9.17, 15) is 0 Å². The fourth-order valence-electron chi connectivity index (χ4n) is 3.83. The molecule has 2 N–H and O–H groups in total. The maximum absolute atomic E-state index is 5.95. The zero-order valence-electron chi connectivity index (χ0n) is 12.6. The van der Waals surface area contributed by atoms with Gasteiger partial charge in [-0.05, 0) is 25.2 Å². The fraction of sp³-hybridized carbons (Fsp3) is 0.933. The van der Waals surface area contributed by atoms with Gasteiger partial charge in [-0.3, -0.25) is 4.99 Å². The van der Waals surface area contributed by atoms with E-state index in [1.165, 1.54) is 19.3 Å². The first-order chi connectivity index (χ1) is 9.04. The van der Waals surface area contributed by atoms with Crippen molar-refractivity contribution in [2.45, 2.75) is 58.2 Å². The monoisotopic (exact) mass is 265 g/mol. The molecule has 3 rings (SSSR count). The topological polar surface area (TPSA) is 45.7 Å². The molecule has 1 heterocycles. The zero-order chi connectivity index (χ0) is 13.6. The molecule has 4 heteroatoms. The highest BCUT2D eigenvalue weighted by atomic mass is 16.5. The first-order valence-corrected chi connectivity index (χ1v) is 7.65. The van der Waals surface area contributed by atoms with Crippen molar-refractivity contribution in [3.05, 3.63) is 0 Å². The maximum Gasteiger partial charge on any atom is 0.191 e. The molecule has 3 fully saturated rings. The molecule has 1 saturated heterocycles. The van der Waals surface area contributed by atoms with E-state index in [4.69, 9.17) is 4.74 Å². The second-order valence-corrected chi connectivity index (χ2v) is 7.08. The van der Waals surface area contributed by atoms with E-state index in [-0.39, 0.29) is 5.41 Å². The minimum Gasteiger partial charge on any atom is -0.377 e. The van der Waals surface area contributed by atoms with Gasteiger partial charge in [0.25, 0.3) is 0 Å². The standard InChI is InChI=1S/C15H27N3O/c1-9-8-11(9)17-14(16-4)18-12-10-6-5-7-19-13(10)15(12,2)3/h9-13H,5-8H2,1-4H3,(H2,16,17,18). The number of rotatable bonds is 2. The summed E-state index contributed by atoms with van der Waals surface area (Å²) in [6, 6.07) is 1.10. The van der Waals surface area contributed by atoms with Crippen LogP contribution >= 0.6 is 0 Å². The lowest BCUT2D eigenvalue weighted by Crippen LogP contribution is -2.71. The van der Waals surface area contributed by atoms with Crippen molar-refractivity contribution in [3.63, 3.8) is 0 Å². The van der Waals surface area contributed by atoms with Crippen molar-refractivity contribution in [1.29, 1.82) is 0 Å². The quantitative estimate of drug-likeness (QED) is 0.591. The summed E-state index contributed by atoms with van der Waals surface area (Å²) in [7, 11) is 1.86. The first-order valence-electron chi connectivity index (χ1n) is 7.65. The molecule has 4 nitrogen and oxygen atoms in total. The average Bonchev–Trinajstić information content (AvgIpc) is 3.09. The second kappa shape index (κ2) is 4.65. The third-order valence-electron chi connectivity index (χ3n) is 5.28. The molecular weight excluding hydrogens is 238 g/mol. The molecule has 0 aromatic rings. The molecular formula is C15H27N3O. The lowest BCUT2D eigenvalue weighted by Gasteiger charge is -2.60. The van der Waals surface area contributed by atoms with Crippen molar-refractivity contribution >= 4 is 5.96 Å². The fourth-order valence-corrected chi connectivity index (χ4v) is 3.83. The molecule has 0 radical (unpaired) electrons. The van der Waals surface area contributed by atoms with Crippen molar-refractivity contribution in [2.24, 2.45) is 22.2 Å². The summed E-state index contributed by atoms with van der Waals surface area (Å²) < 4.78 is 5.95. The smallest absolute Gasteiger partial charge is 0.191 e. The van der Waals surface area contributed by atoms with Crippen LogP contribution in [0.4, 0.5) is 0 Å². The minimum atomic E-state index is 0.206. The Labute approximate surface area is 116 Å². The van der Waals surface area contributed by atoms with Crippen molar-refractivity contribution in [1.82, 2.24) is 10.6 Å². The van der Waals surface area contributed by atoms with Gasteiger partial charge in [0.2, 0.25) is 0 Å². The summed E-state index contributed by atoms with van der Waals surface area (Å²) in [5, 5.41) is 7.16. The van der Waals surface area contributed by atoms with Gasteiger partial charge in [0.05, 0.1) is 6.10 Å². The number of guanidine groups is 1. The van der Waals surface area contributed by atoms with E-state index in [0.29, 0.717) is 24.1 Å². The van der Waals surface area contributed by atoms with Crippen LogP contribution in [0.5, 0.6) is 0 Å². The SMILES string of the molecule is CN=C(NC1CC1C)NC1C2CCCOC2C1(C)C. The molecule has 19 heavy (non-hydrogen) atoms. The van der Waals surface area contributed by atoms with E-state index >= 15 is 0 Å². The van der Waals surface area contributed by atoms with Gasteiger partial charge in [-0.2, -0.15) is 0 Å². The molecule has 0 bridgehead atoms. The Bertz CT molecular complexity index is 380. The van der Waals surface area contributed by atoms with Crippen LogP contribution in [0.2, 0.25) is 0 Å². The summed E-state index contributed by atoms with van der Waals surface area (Å²) >= 11 is 0. The second-order valence-electron chi connectivity index (χ2n) is 7.08. The van der Waals surface area contributed by atoms with Crippen LogP contribution in [-0.4, -0.2) is 37.8 Å². The number of aliphatic imine (C=N–C) groups is 1. The molecule has 5 atom stereocenters. The van der Waals surface area contributed by atoms with Gasteiger partial charge in [-0.15, -0.1) is 0 Å². The van der Waals surface area contributed by atoms with Crippen molar-refractivity contribution in [2.75, 3.05) is 13.7 Å². The summed E-state index contributed by atoms with van der Waals surface area (Å²) in [5.74, 6) is 2.41. The Morgan fingerprint density at radius 3 is 2.68 bits per heavy atom. The van der Waals surface area contributed by atoms with E-state index in [0.717, 1.165) is 18.5 Å². The van der Waals surface area contributed by atoms with Crippen molar-refractivity contribution < 1.29 is 4.74 Å². The lowest BCUT2D eigenvalue weighted by molar-refractivity contribution is -0.188. The van der Waals surface area contributed by atoms with Gasteiger partial charge in [0.15, 0.2) is 5.96 Å². The maximum atomic E-state index is 5.95. The normalized spacial score (nSPS) is 44.0. The molecule has 2 saturated carbocycles. The predicted molar refractivity (Wildman–Crippen MR) is 77.2 cm³/mol. The number of nitrogens with one attached hydrogen (secondary N) is 2. The Balaban J connectivity index is 1.61. The molecule has 108 valence electrons. The third kappa shape index (κ3) is 2.24. The Hall–Kier alpha value is -0.770. The molecule has 0 amide bonds. The van der Waals surface area contributed by atoms with Crippen LogP contribution in [0.3, 0.4) is 0 Å². The van der Waals surface area contributed by atoms with Crippen molar-refractivity contribution in [3.8, 4) is 0 Å². The number of hydrogen-bond donors (Lipinski definition) is 2. The van der Waals surface area contributed by atoms with Gasteiger partial charge in [-0.25, -0.2) is 0 Å². The summed E-state index contributed by atoms with van der Waals surface area (Å²) in [5.41, 5.74) is 0.206. The Morgan fingerprint density at radius 1 is 1.32 bits per heavy atom. The van der Waals surface area contributed by atoms with Crippen LogP contribution in [0, 0.1) is 17.3 Å². The predicted octanol–water partition coefficient (Wildman–Crippen LogP) is 1.76. The van der Waals surface area contributed by atoms with Gasteiger partial charge in [0.1, 0.15) is 0 Å². The molecule has 5 unspecified atom stereocenters. The van der Waals surface area contributed by atoms with Gasteiger partial charge >= 0.3 is 0 Å². The van der Waals surface area contributed by atoms with E-state index < -0.39 is 0 Å². The molecule has 0 aromatic heterocycles. The van der Waals surface area contributed by atoms with Gasteiger partial charge < -0.3 is 15.4 Å². The minimum absolute atomic E-state index is 0.206. The number of fused-ring (bicyclic) bond motifs is 1. The summed E-state index contributed by atoms with van der Waals surface area (Å²) in [6.45, 7) is 7.83. The Kier molecular flexibility index (Phi) is 3.24. The molecule has 3 aliphatic rings. The summed E-state index contributed by atoms with van der Waals surface area (Å²) in [6.07, 6.45) is 4.17. The lowest BCUT2D eigenvalue weighted by atomic mass is 9.55. The number of hydrogen-bond acceptors (Lipinski definition) is 2. The van der Waals surface area contributed by atoms with Crippen LogP contribution in [0.25, 0.3) is 0 Å². The number of nitrogens with zero attached hydrogens (tertiary/aromatic N) is 1. The van der Waals surface area contributed by atoms with E-state index in [1.54, 1.807) is 0 Å². The highest BCUT2D eigenvalue weighted by Crippen LogP contribution is 2.51. The van der Waals surface area contributed by atoms with Gasteiger partial charge in [-0.1, -0.05) is 20.8 Å². The highest BCUT2D eigenvalue weighted by molar-refractivity contribution is 5.81. The van der Waals surface area contributed by atoms with E-state index in [2.05, 4.69) is 36.4 Å². The average molecular weight is 265 g/mol. The summed E-state index contributed by atoms with van der Waals surface area (Å²) in [4.78, 5) is 4.38. The zero-order valence-corrected chi connectivity index (χ0v) is 12.6. The largest absolute Gasteiger partial charge is 0.377 e. The Morgan fingerprint density at radius 2 is 2.05 bits per heavy atom. The third-order valence-corrected chi connectivity index (χ3v) is 5.28. The molecule has 0 aromatic carbocycles. The molecule has 2 aliphatic carbocycles. The van der Waals surface area contributed by atoms with Gasteiger partial charge in [0, 0.05) is 37.1 Å². The van der Waals surface area contributed by atoms with Crippen LogP contribution in [-0.2, 0) is 4.74 Å². The molecule has 0 spiro atoms. The molecule has 1 aliphatic heterocycles. The van der Waals surface area contributed by atoms with Crippen LogP contribution in [0.15, 0.2) is 4.99 Å². The van der Waals surface area contributed by atoms with E-state index in [1.807, 2.05) is 7.05 Å². The van der Waals surface area contributed by atoms with Crippen LogP contribution < -0.4 is 10.6 Å². The first kappa shape index (κ1) is 13.2. The highest BCUT2D eigenvalue weighted by Gasteiger charge is 2.58.